The number of nitro groups is 1. The fourth-order valence-electron chi connectivity index (χ4n) is 2.62. The van der Waals surface area contributed by atoms with E-state index in [-0.39, 0.29) is 18.8 Å². The van der Waals surface area contributed by atoms with E-state index in [0.29, 0.717) is 5.75 Å². The number of hydrogen-bond donors (Lipinski definition) is 1. The first-order valence-corrected chi connectivity index (χ1v) is 8.34. The number of hydrogen-bond acceptors (Lipinski definition) is 5. The van der Waals surface area contributed by atoms with Gasteiger partial charge in [-0.15, -0.1) is 0 Å². The molecule has 0 fully saturated rings. The van der Waals surface area contributed by atoms with Crippen LogP contribution in [0.1, 0.15) is 0 Å². The summed E-state index contributed by atoms with van der Waals surface area (Å²) in [7, 11) is 0. The molecule has 0 bridgehead atoms. The van der Waals surface area contributed by atoms with E-state index in [1.807, 2.05) is 42.5 Å². The molecule has 27 heavy (non-hydrogen) atoms. The SMILES string of the molecule is O=c1ccc([N+](=O)[O-])cn1CC(O)COc1ccc(-c2ccccc2)cc1. The molecular formula is C20H18N2O5. The van der Waals surface area contributed by atoms with Crippen LogP contribution >= 0.6 is 0 Å². The molecule has 1 atom stereocenters. The molecule has 7 nitrogen and oxygen atoms in total. The molecule has 0 saturated carbocycles. The molecule has 0 aliphatic rings. The molecular weight excluding hydrogens is 348 g/mol. The molecule has 7 heteroatoms. The molecule has 138 valence electrons. The number of aliphatic hydroxyl groups excluding tert-OH is 1. The van der Waals surface area contributed by atoms with Crippen LogP contribution in [-0.2, 0) is 6.54 Å². The van der Waals surface area contributed by atoms with E-state index in [0.717, 1.165) is 34.0 Å². The fraction of sp³-hybridized carbons (Fsp3) is 0.150. The van der Waals surface area contributed by atoms with E-state index in [1.54, 1.807) is 12.1 Å². The van der Waals surface area contributed by atoms with Crippen molar-refractivity contribution in [2.45, 2.75) is 12.6 Å². The van der Waals surface area contributed by atoms with Gasteiger partial charge in [0.2, 0.25) is 0 Å². The first kappa shape index (κ1) is 18.3. The summed E-state index contributed by atoms with van der Waals surface area (Å²) in [5, 5.41) is 20.9. The van der Waals surface area contributed by atoms with Gasteiger partial charge in [0.25, 0.3) is 11.2 Å². The highest BCUT2D eigenvalue weighted by atomic mass is 16.6. The summed E-state index contributed by atoms with van der Waals surface area (Å²) in [5.74, 6) is 0.583. The van der Waals surface area contributed by atoms with Crippen LogP contribution in [0.4, 0.5) is 5.69 Å². The number of aliphatic hydroxyl groups is 1. The Morgan fingerprint density at radius 2 is 1.67 bits per heavy atom. The fourth-order valence-corrected chi connectivity index (χ4v) is 2.62. The maximum atomic E-state index is 11.8. The summed E-state index contributed by atoms with van der Waals surface area (Å²) >= 11 is 0. The summed E-state index contributed by atoms with van der Waals surface area (Å²) in [6.45, 7) is -0.136. The Morgan fingerprint density at radius 3 is 2.33 bits per heavy atom. The maximum absolute atomic E-state index is 11.8. The standard InChI is InChI=1S/C20H18N2O5/c23-18(13-21-12-17(22(25)26)8-11-20(21)24)14-27-19-9-6-16(7-10-19)15-4-2-1-3-5-15/h1-12,18,23H,13-14H2. The molecule has 1 aromatic heterocycles. The Kier molecular flexibility index (Phi) is 5.63. The predicted octanol–water partition coefficient (Wildman–Crippen LogP) is 2.86. The Morgan fingerprint density at radius 1 is 1.00 bits per heavy atom. The van der Waals surface area contributed by atoms with E-state index in [1.165, 1.54) is 0 Å². The number of benzene rings is 2. The zero-order chi connectivity index (χ0) is 19.2. The van der Waals surface area contributed by atoms with Crippen LogP contribution in [0.2, 0.25) is 0 Å². The third kappa shape index (κ3) is 4.80. The zero-order valence-electron chi connectivity index (χ0n) is 14.4. The highest BCUT2D eigenvalue weighted by Crippen LogP contribution is 2.22. The molecule has 2 aromatic carbocycles. The van der Waals surface area contributed by atoms with Crippen LogP contribution < -0.4 is 10.3 Å². The van der Waals surface area contributed by atoms with Gasteiger partial charge >= 0.3 is 0 Å². The molecule has 0 amide bonds. The molecule has 1 heterocycles. The second-order valence-corrected chi connectivity index (χ2v) is 5.99. The number of aromatic nitrogens is 1. The van der Waals surface area contributed by atoms with Gasteiger partial charge in [-0.25, -0.2) is 0 Å². The molecule has 0 spiro atoms. The third-order valence-electron chi connectivity index (χ3n) is 3.99. The lowest BCUT2D eigenvalue weighted by Crippen LogP contribution is -2.29. The van der Waals surface area contributed by atoms with Crippen molar-refractivity contribution in [3.63, 3.8) is 0 Å². The number of pyridine rings is 1. The normalized spacial score (nSPS) is 11.7. The highest BCUT2D eigenvalue weighted by Gasteiger charge is 2.12. The largest absolute Gasteiger partial charge is 0.491 e. The van der Waals surface area contributed by atoms with Gasteiger partial charge < -0.3 is 14.4 Å². The first-order valence-electron chi connectivity index (χ1n) is 8.34. The highest BCUT2D eigenvalue weighted by molar-refractivity contribution is 5.63. The quantitative estimate of drug-likeness (QED) is 0.512. The van der Waals surface area contributed by atoms with Gasteiger partial charge in [0.05, 0.1) is 17.7 Å². The van der Waals surface area contributed by atoms with Crippen LogP contribution in [0.3, 0.4) is 0 Å². The van der Waals surface area contributed by atoms with Gasteiger partial charge in [0.1, 0.15) is 18.5 Å². The molecule has 3 aromatic rings. The van der Waals surface area contributed by atoms with Gasteiger partial charge in [-0.05, 0) is 23.3 Å². The van der Waals surface area contributed by atoms with Crippen molar-refractivity contribution in [1.29, 1.82) is 0 Å². The van der Waals surface area contributed by atoms with Crippen LogP contribution in [0, 0.1) is 10.1 Å². The van der Waals surface area contributed by atoms with Crippen molar-refractivity contribution in [1.82, 2.24) is 4.57 Å². The van der Waals surface area contributed by atoms with Gasteiger partial charge in [-0.2, -0.15) is 0 Å². The molecule has 0 saturated heterocycles. The monoisotopic (exact) mass is 366 g/mol. The second kappa shape index (κ2) is 8.29. The van der Waals surface area contributed by atoms with Crippen molar-refractivity contribution in [3.05, 3.63) is 93.4 Å². The summed E-state index contributed by atoms with van der Waals surface area (Å²) in [6.07, 6.45) is 0.124. The third-order valence-corrected chi connectivity index (χ3v) is 3.99. The predicted molar refractivity (Wildman–Crippen MR) is 101 cm³/mol. The summed E-state index contributed by atoms with van der Waals surface area (Å²) in [4.78, 5) is 22.0. The topological polar surface area (TPSA) is 94.6 Å². The van der Waals surface area contributed by atoms with Crippen molar-refractivity contribution in [3.8, 4) is 16.9 Å². The minimum atomic E-state index is -0.987. The molecule has 1 unspecified atom stereocenters. The van der Waals surface area contributed by atoms with Crippen LogP contribution in [-0.4, -0.2) is 27.3 Å². The zero-order valence-corrected chi connectivity index (χ0v) is 14.4. The molecule has 1 N–H and O–H groups in total. The minimum absolute atomic E-state index is 0.0418. The number of nitrogens with zero attached hydrogens (tertiary/aromatic N) is 2. The van der Waals surface area contributed by atoms with E-state index < -0.39 is 16.6 Å². The average Bonchev–Trinajstić information content (AvgIpc) is 2.69. The van der Waals surface area contributed by atoms with Crippen molar-refractivity contribution in [2.24, 2.45) is 0 Å². The molecule has 3 rings (SSSR count). The Labute approximate surface area is 155 Å². The molecule has 0 aliphatic heterocycles. The van der Waals surface area contributed by atoms with E-state index >= 15 is 0 Å². The van der Waals surface area contributed by atoms with Crippen LogP contribution in [0.15, 0.2) is 77.7 Å². The number of ether oxygens (including phenoxy) is 1. The van der Waals surface area contributed by atoms with Crippen molar-refractivity contribution >= 4 is 5.69 Å². The Bertz CT molecular complexity index is 968. The Hall–Kier alpha value is -3.45. The number of rotatable bonds is 7. The van der Waals surface area contributed by atoms with Crippen molar-refractivity contribution < 1.29 is 14.8 Å². The Balaban J connectivity index is 1.59. The smallest absolute Gasteiger partial charge is 0.285 e. The minimum Gasteiger partial charge on any atom is -0.491 e. The van der Waals surface area contributed by atoms with E-state index in [4.69, 9.17) is 4.74 Å². The van der Waals surface area contributed by atoms with Crippen LogP contribution in [0.5, 0.6) is 5.75 Å². The maximum Gasteiger partial charge on any atom is 0.285 e. The van der Waals surface area contributed by atoms with Gasteiger partial charge in [0.15, 0.2) is 0 Å². The first-order chi connectivity index (χ1) is 13.0. The average molecular weight is 366 g/mol. The lowest BCUT2D eigenvalue weighted by Gasteiger charge is -2.14. The summed E-state index contributed by atoms with van der Waals surface area (Å²) in [5.41, 5.74) is 1.51. The van der Waals surface area contributed by atoms with Crippen molar-refractivity contribution in [2.75, 3.05) is 6.61 Å². The molecule has 0 aliphatic carbocycles. The van der Waals surface area contributed by atoms with Crippen LogP contribution in [0.25, 0.3) is 11.1 Å². The summed E-state index contributed by atoms with van der Waals surface area (Å²) < 4.78 is 6.65. The summed E-state index contributed by atoms with van der Waals surface area (Å²) in [6, 6.07) is 19.6. The van der Waals surface area contributed by atoms with E-state index in [2.05, 4.69) is 0 Å². The molecule has 0 radical (unpaired) electrons. The van der Waals surface area contributed by atoms with Gasteiger partial charge in [-0.1, -0.05) is 42.5 Å². The lowest BCUT2D eigenvalue weighted by molar-refractivity contribution is -0.385. The van der Waals surface area contributed by atoms with Gasteiger partial charge in [-0.3, -0.25) is 14.9 Å². The lowest BCUT2D eigenvalue weighted by atomic mass is 10.1. The second-order valence-electron chi connectivity index (χ2n) is 5.99. The van der Waals surface area contributed by atoms with E-state index in [9.17, 15) is 20.0 Å². The van der Waals surface area contributed by atoms with Gasteiger partial charge in [0, 0.05) is 12.1 Å².